The summed E-state index contributed by atoms with van der Waals surface area (Å²) in [5.41, 5.74) is 2.71. The van der Waals surface area contributed by atoms with E-state index in [1.165, 1.54) is 27.2 Å². The van der Waals surface area contributed by atoms with E-state index in [4.69, 9.17) is 0 Å². The van der Waals surface area contributed by atoms with Gasteiger partial charge in [0.2, 0.25) is 0 Å². The number of halogens is 1. The SMILES string of the molecule is CN1CCN(c2ccc(C[PH](c3ccccc3)(c3ccccc3)c3ccccc3)cc2)CC1Br. The molecule has 0 aromatic heterocycles. The third-order valence-corrected chi connectivity index (χ3v) is 13.0. The second kappa shape index (κ2) is 10.4. The molecule has 1 saturated heterocycles. The summed E-state index contributed by atoms with van der Waals surface area (Å²) in [6.45, 7) is 3.14. The van der Waals surface area contributed by atoms with E-state index in [0.29, 0.717) is 4.95 Å². The first-order valence-corrected chi connectivity index (χ1v) is 15.1. The number of alkyl halides is 1. The van der Waals surface area contributed by atoms with Gasteiger partial charge in [0, 0.05) is 0 Å². The standard InChI is InChI=1S/C30H32BrN2P/c1-32-21-22-33(23-30(32)31)26-19-17-25(18-20-26)24-34(27-11-5-2-6-12-27,28-13-7-3-8-14-28)29-15-9-4-10-16-29/h2-20,30,34H,21-24H2,1H3. The minimum absolute atomic E-state index is 0.398. The maximum atomic E-state index is 3.81. The Morgan fingerprint density at radius 2 is 1.15 bits per heavy atom. The fourth-order valence-corrected chi connectivity index (χ4v) is 10.5. The number of hydrogen-bond donors (Lipinski definition) is 0. The second-order valence-corrected chi connectivity index (χ2v) is 14.2. The summed E-state index contributed by atoms with van der Waals surface area (Å²) < 4.78 is 0. The first kappa shape index (κ1) is 23.3. The molecule has 1 heterocycles. The molecule has 0 saturated carbocycles. The normalized spacial score (nSPS) is 17.5. The Balaban J connectivity index is 1.55. The number of rotatable bonds is 6. The zero-order valence-electron chi connectivity index (χ0n) is 19.6. The molecule has 1 aliphatic heterocycles. The first-order valence-electron chi connectivity index (χ1n) is 12.0. The number of nitrogens with zero attached hydrogens (tertiary/aromatic N) is 2. The molecule has 0 aliphatic carbocycles. The zero-order valence-corrected chi connectivity index (χ0v) is 22.2. The number of piperazine rings is 1. The Bertz CT molecular complexity index is 1090. The number of likely N-dealkylation sites (N-methyl/N-ethyl adjacent to an activating group) is 1. The van der Waals surface area contributed by atoms with Crippen LogP contribution in [0.5, 0.6) is 0 Å². The predicted octanol–water partition coefficient (Wildman–Crippen LogP) is 5.39. The summed E-state index contributed by atoms with van der Waals surface area (Å²) in [7, 11) is -0.0881. The molecule has 5 rings (SSSR count). The van der Waals surface area contributed by atoms with Gasteiger partial charge in [0.15, 0.2) is 0 Å². The Hall–Kier alpha value is -2.45. The topological polar surface area (TPSA) is 6.48 Å². The van der Waals surface area contributed by atoms with Crippen LogP contribution in [0.2, 0.25) is 0 Å². The van der Waals surface area contributed by atoms with Gasteiger partial charge in [-0.1, -0.05) is 0 Å². The minimum atomic E-state index is -2.27. The molecule has 0 amide bonds. The van der Waals surface area contributed by atoms with Gasteiger partial charge in [-0.2, -0.15) is 0 Å². The van der Waals surface area contributed by atoms with Crippen LogP contribution in [0.4, 0.5) is 5.69 Å². The monoisotopic (exact) mass is 530 g/mol. The van der Waals surface area contributed by atoms with Crippen molar-refractivity contribution >= 4 is 44.8 Å². The Morgan fingerprint density at radius 3 is 1.59 bits per heavy atom. The molecule has 1 aliphatic rings. The third-order valence-electron chi connectivity index (χ3n) is 7.14. The van der Waals surface area contributed by atoms with E-state index < -0.39 is 7.26 Å². The second-order valence-electron chi connectivity index (χ2n) is 9.21. The van der Waals surface area contributed by atoms with Crippen LogP contribution in [-0.4, -0.2) is 36.5 Å². The molecule has 174 valence electrons. The van der Waals surface area contributed by atoms with Gasteiger partial charge in [-0.25, -0.2) is 0 Å². The fourth-order valence-electron chi connectivity index (χ4n) is 5.17. The molecule has 0 spiro atoms. The fraction of sp³-hybridized carbons (Fsp3) is 0.200. The molecule has 4 aromatic rings. The molecule has 4 heteroatoms. The van der Waals surface area contributed by atoms with Gasteiger partial charge >= 0.3 is 213 Å². The van der Waals surface area contributed by atoms with E-state index >= 15 is 0 Å². The van der Waals surface area contributed by atoms with Crippen molar-refractivity contribution in [2.24, 2.45) is 0 Å². The van der Waals surface area contributed by atoms with Gasteiger partial charge in [0.25, 0.3) is 0 Å². The zero-order chi connectivity index (χ0) is 23.4. The van der Waals surface area contributed by atoms with Crippen molar-refractivity contribution in [3.63, 3.8) is 0 Å². The van der Waals surface area contributed by atoms with E-state index in [2.05, 4.69) is 148 Å². The van der Waals surface area contributed by atoms with Crippen molar-refractivity contribution in [2.45, 2.75) is 11.1 Å². The van der Waals surface area contributed by atoms with Crippen LogP contribution in [0.3, 0.4) is 0 Å². The van der Waals surface area contributed by atoms with Crippen LogP contribution in [0.1, 0.15) is 5.56 Å². The quantitative estimate of drug-likeness (QED) is 0.187. The van der Waals surface area contributed by atoms with Crippen LogP contribution in [0, 0.1) is 0 Å². The summed E-state index contributed by atoms with van der Waals surface area (Å²) in [5.74, 6) is 0. The summed E-state index contributed by atoms with van der Waals surface area (Å²) >= 11 is 3.81. The van der Waals surface area contributed by atoms with Crippen molar-refractivity contribution in [2.75, 3.05) is 31.6 Å². The van der Waals surface area contributed by atoms with Crippen molar-refractivity contribution in [3.05, 3.63) is 121 Å². The van der Waals surface area contributed by atoms with Crippen LogP contribution < -0.4 is 20.8 Å². The number of anilines is 1. The summed E-state index contributed by atoms with van der Waals surface area (Å²) in [4.78, 5) is 5.25. The van der Waals surface area contributed by atoms with Gasteiger partial charge in [-0.3, -0.25) is 0 Å². The molecule has 34 heavy (non-hydrogen) atoms. The molecule has 2 nitrogen and oxygen atoms in total. The number of hydrogen-bond acceptors (Lipinski definition) is 2. The first-order chi connectivity index (χ1) is 16.7. The van der Waals surface area contributed by atoms with Crippen LogP contribution in [0.25, 0.3) is 0 Å². The van der Waals surface area contributed by atoms with Crippen LogP contribution in [-0.2, 0) is 6.16 Å². The Morgan fingerprint density at radius 1 is 0.676 bits per heavy atom. The Labute approximate surface area is 212 Å². The number of benzene rings is 4. The van der Waals surface area contributed by atoms with Crippen molar-refractivity contribution < 1.29 is 0 Å². The molecular weight excluding hydrogens is 499 g/mol. The molecule has 4 aromatic carbocycles. The van der Waals surface area contributed by atoms with Crippen molar-refractivity contribution in [1.29, 1.82) is 0 Å². The van der Waals surface area contributed by atoms with Gasteiger partial charge in [-0.15, -0.1) is 0 Å². The molecule has 0 N–H and O–H groups in total. The van der Waals surface area contributed by atoms with Gasteiger partial charge < -0.3 is 0 Å². The Kier molecular flexibility index (Phi) is 7.15. The van der Waals surface area contributed by atoms with E-state index in [1.807, 2.05) is 0 Å². The molecule has 1 unspecified atom stereocenters. The van der Waals surface area contributed by atoms with Gasteiger partial charge in [0.1, 0.15) is 0 Å². The summed E-state index contributed by atoms with van der Waals surface area (Å²) in [5, 5.41) is 4.37. The molecule has 0 radical (unpaired) electrons. The predicted molar refractivity (Wildman–Crippen MR) is 154 cm³/mol. The molecular formula is C30H32BrN2P. The van der Waals surface area contributed by atoms with Gasteiger partial charge in [-0.05, 0) is 0 Å². The van der Waals surface area contributed by atoms with Crippen LogP contribution >= 0.6 is 23.2 Å². The van der Waals surface area contributed by atoms with E-state index in [9.17, 15) is 0 Å². The van der Waals surface area contributed by atoms with Crippen molar-refractivity contribution in [3.8, 4) is 0 Å². The maximum absolute atomic E-state index is 3.81. The van der Waals surface area contributed by atoms with Crippen molar-refractivity contribution in [1.82, 2.24) is 4.90 Å². The molecule has 0 bridgehead atoms. The average molecular weight is 531 g/mol. The third kappa shape index (κ3) is 4.70. The van der Waals surface area contributed by atoms with Crippen LogP contribution in [0.15, 0.2) is 115 Å². The molecule has 1 atom stereocenters. The van der Waals surface area contributed by atoms with E-state index in [-0.39, 0.29) is 0 Å². The average Bonchev–Trinajstić information content (AvgIpc) is 2.91. The summed E-state index contributed by atoms with van der Waals surface area (Å²) in [6, 6.07) is 42.9. The summed E-state index contributed by atoms with van der Waals surface area (Å²) in [6.07, 6.45) is 1.04. The molecule has 1 fully saturated rings. The van der Waals surface area contributed by atoms with Gasteiger partial charge in [0.05, 0.1) is 0 Å². The van der Waals surface area contributed by atoms with E-state index in [1.54, 1.807) is 0 Å². The van der Waals surface area contributed by atoms with E-state index in [0.717, 1.165) is 25.8 Å².